The van der Waals surface area contributed by atoms with Gasteiger partial charge in [0.25, 0.3) is 0 Å². The van der Waals surface area contributed by atoms with Crippen LogP contribution in [0.4, 0.5) is 0 Å². The smallest absolute Gasteiger partial charge is 0.339 e. The van der Waals surface area contributed by atoms with Gasteiger partial charge in [0.1, 0.15) is 23.0 Å². The van der Waals surface area contributed by atoms with Gasteiger partial charge in [-0.15, -0.1) is 0 Å². The second-order valence-electron chi connectivity index (χ2n) is 8.67. The van der Waals surface area contributed by atoms with Gasteiger partial charge in [-0.1, -0.05) is 20.3 Å². The van der Waals surface area contributed by atoms with Crippen molar-refractivity contribution in [2.75, 3.05) is 6.54 Å². The van der Waals surface area contributed by atoms with Crippen LogP contribution in [0.25, 0.3) is 21.9 Å². The van der Waals surface area contributed by atoms with Gasteiger partial charge < -0.3 is 24.6 Å². The highest BCUT2D eigenvalue weighted by Gasteiger charge is 2.25. The molecule has 2 unspecified atom stereocenters. The predicted octanol–water partition coefficient (Wildman–Crippen LogP) is 3.13. The first-order valence-corrected chi connectivity index (χ1v) is 11.3. The van der Waals surface area contributed by atoms with Gasteiger partial charge in [-0.05, 0) is 50.3 Å². The number of fused-ring (bicyclic) bond motifs is 2. The van der Waals surface area contributed by atoms with Crippen LogP contribution < -0.4 is 16.3 Å². The molecule has 0 aliphatic rings. The molecule has 3 rings (SSSR count). The largest absolute Gasteiger partial charge is 0.480 e. The molecule has 0 bridgehead atoms. The maximum absolute atomic E-state index is 12.6. The van der Waals surface area contributed by atoms with Crippen LogP contribution in [-0.4, -0.2) is 35.5 Å². The first kappa shape index (κ1) is 25.0. The number of carbonyl (C=O) groups excluding carboxylic acids is 2. The number of furan rings is 1. The molecule has 34 heavy (non-hydrogen) atoms. The van der Waals surface area contributed by atoms with Gasteiger partial charge in [-0.2, -0.15) is 0 Å². The van der Waals surface area contributed by atoms with Crippen molar-refractivity contribution in [1.29, 1.82) is 0 Å². The lowest BCUT2D eigenvalue weighted by Gasteiger charge is -2.20. The van der Waals surface area contributed by atoms with E-state index in [1.807, 2.05) is 33.8 Å². The van der Waals surface area contributed by atoms with Gasteiger partial charge in [0.2, 0.25) is 11.8 Å². The Kier molecular flexibility index (Phi) is 7.44. The fourth-order valence-corrected chi connectivity index (χ4v) is 3.93. The summed E-state index contributed by atoms with van der Waals surface area (Å²) in [7, 11) is 0. The third-order valence-corrected chi connectivity index (χ3v) is 6.43. The molecule has 0 aliphatic carbocycles. The second kappa shape index (κ2) is 10.1. The van der Waals surface area contributed by atoms with Crippen LogP contribution in [-0.2, 0) is 20.8 Å². The minimum atomic E-state index is -1.12. The minimum absolute atomic E-state index is 0.0236. The van der Waals surface area contributed by atoms with E-state index < -0.39 is 29.5 Å². The topological polar surface area (TPSA) is 139 Å². The van der Waals surface area contributed by atoms with E-state index in [0.717, 1.165) is 27.7 Å². The zero-order chi connectivity index (χ0) is 25.2. The van der Waals surface area contributed by atoms with Gasteiger partial charge in [0.05, 0.1) is 6.54 Å². The van der Waals surface area contributed by atoms with Crippen LogP contribution in [0.15, 0.2) is 25.8 Å². The Morgan fingerprint density at radius 1 is 1.00 bits per heavy atom. The van der Waals surface area contributed by atoms with Gasteiger partial charge in [-0.25, -0.2) is 9.59 Å². The first-order valence-electron chi connectivity index (χ1n) is 11.3. The Hall–Kier alpha value is -3.62. The predicted molar refractivity (Wildman–Crippen MR) is 127 cm³/mol. The van der Waals surface area contributed by atoms with Crippen LogP contribution in [0, 0.1) is 26.7 Å². The summed E-state index contributed by atoms with van der Waals surface area (Å²) < 4.78 is 11.2. The van der Waals surface area contributed by atoms with Gasteiger partial charge in [0, 0.05) is 28.8 Å². The molecule has 2 amide bonds. The highest BCUT2D eigenvalue weighted by molar-refractivity contribution is 5.97. The number of carboxylic acids is 1. The Balaban J connectivity index is 1.67. The van der Waals surface area contributed by atoms with E-state index in [-0.39, 0.29) is 25.3 Å². The molecule has 2 aromatic heterocycles. The number of carbonyl (C=O) groups is 3. The number of benzene rings is 1. The number of aryl methyl sites for hydroxylation is 3. The third kappa shape index (κ3) is 5.13. The molecule has 0 saturated carbocycles. The molecule has 9 heteroatoms. The maximum Gasteiger partial charge on any atom is 0.339 e. The molecular weight excluding hydrogens is 440 g/mol. The highest BCUT2D eigenvalue weighted by atomic mass is 16.4. The Labute approximate surface area is 196 Å². The van der Waals surface area contributed by atoms with Crippen molar-refractivity contribution >= 4 is 39.7 Å². The molecule has 2 heterocycles. The number of aliphatic carboxylic acids is 1. The van der Waals surface area contributed by atoms with E-state index in [2.05, 4.69) is 10.6 Å². The van der Waals surface area contributed by atoms with Crippen LogP contribution in [0.1, 0.15) is 49.1 Å². The van der Waals surface area contributed by atoms with E-state index in [1.54, 1.807) is 13.0 Å². The molecule has 182 valence electrons. The molecule has 0 saturated heterocycles. The summed E-state index contributed by atoms with van der Waals surface area (Å²) in [6.07, 6.45) is 0.705. The van der Waals surface area contributed by atoms with E-state index in [4.69, 9.17) is 8.83 Å². The first-order chi connectivity index (χ1) is 16.0. The van der Waals surface area contributed by atoms with Crippen molar-refractivity contribution in [1.82, 2.24) is 10.6 Å². The lowest BCUT2D eigenvalue weighted by molar-refractivity contribution is -0.143. The van der Waals surface area contributed by atoms with Crippen LogP contribution in [0.5, 0.6) is 0 Å². The average molecular weight is 471 g/mol. The van der Waals surface area contributed by atoms with E-state index in [9.17, 15) is 24.3 Å². The summed E-state index contributed by atoms with van der Waals surface area (Å²) in [4.78, 5) is 48.3. The van der Waals surface area contributed by atoms with Gasteiger partial charge in [-0.3, -0.25) is 9.59 Å². The van der Waals surface area contributed by atoms with Crippen molar-refractivity contribution < 1.29 is 28.3 Å². The summed E-state index contributed by atoms with van der Waals surface area (Å²) in [6, 6.07) is 2.62. The number of rotatable bonds is 9. The Bertz CT molecular complexity index is 1320. The monoisotopic (exact) mass is 470 g/mol. The third-order valence-electron chi connectivity index (χ3n) is 6.43. The number of carboxylic acid groups (broad SMARTS) is 1. The van der Waals surface area contributed by atoms with Crippen molar-refractivity contribution in [2.24, 2.45) is 5.92 Å². The zero-order valence-corrected chi connectivity index (χ0v) is 20.0. The molecule has 2 atom stereocenters. The van der Waals surface area contributed by atoms with E-state index in [0.29, 0.717) is 23.2 Å². The maximum atomic E-state index is 12.6. The minimum Gasteiger partial charge on any atom is -0.480 e. The number of nitrogens with one attached hydrogen (secondary N) is 2. The highest BCUT2D eigenvalue weighted by Crippen LogP contribution is 2.31. The Morgan fingerprint density at radius 3 is 2.29 bits per heavy atom. The Morgan fingerprint density at radius 2 is 1.65 bits per heavy atom. The summed E-state index contributed by atoms with van der Waals surface area (Å²) in [5.41, 5.74) is 2.69. The standard InChI is InChI=1S/C25H30N2O7/c1-6-12(2)23(24(30)31)27-22(29)11-26-21(28)8-7-16-14(4)18-9-17-13(3)15(5)33-19(17)10-20(18)34-25(16)32/h9-10,12,23H,6-8,11H2,1-5H3,(H,26,28)(H,27,29)(H,30,31). The SMILES string of the molecule is CCC(C)C(NC(=O)CNC(=O)CCc1c(C)c2cc3c(C)c(C)oc3cc2oc1=O)C(=O)O. The molecule has 0 aliphatic heterocycles. The molecule has 0 spiro atoms. The quantitative estimate of drug-likeness (QED) is 0.408. The van der Waals surface area contributed by atoms with Crippen molar-refractivity contribution in [3.05, 3.63) is 45.0 Å². The van der Waals surface area contributed by atoms with Crippen LogP contribution >= 0.6 is 0 Å². The number of amides is 2. The van der Waals surface area contributed by atoms with E-state index in [1.165, 1.54) is 0 Å². The lowest BCUT2D eigenvalue weighted by Crippen LogP contribution is -2.48. The summed E-state index contributed by atoms with van der Waals surface area (Å²) in [5.74, 6) is -1.59. The second-order valence-corrected chi connectivity index (χ2v) is 8.67. The number of hydrogen-bond donors (Lipinski definition) is 3. The van der Waals surface area contributed by atoms with Crippen LogP contribution in [0.2, 0.25) is 0 Å². The number of hydrogen-bond acceptors (Lipinski definition) is 6. The lowest BCUT2D eigenvalue weighted by atomic mass is 9.99. The van der Waals surface area contributed by atoms with Crippen LogP contribution in [0.3, 0.4) is 0 Å². The van der Waals surface area contributed by atoms with Crippen molar-refractivity contribution in [3.8, 4) is 0 Å². The normalized spacial score (nSPS) is 13.1. The average Bonchev–Trinajstić information content (AvgIpc) is 3.06. The molecule has 1 aromatic carbocycles. The summed E-state index contributed by atoms with van der Waals surface area (Å²) in [5, 5.41) is 15.9. The van der Waals surface area contributed by atoms with Gasteiger partial charge >= 0.3 is 11.6 Å². The molecule has 0 radical (unpaired) electrons. The molecule has 3 aromatic rings. The molecular formula is C25H30N2O7. The summed E-state index contributed by atoms with van der Waals surface area (Å²) in [6.45, 7) is 8.87. The summed E-state index contributed by atoms with van der Waals surface area (Å²) >= 11 is 0. The zero-order valence-electron chi connectivity index (χ0n) is 20.0. The fourth-order valence-electron chi connectivity index (χ4n) is 3.93. The molecule has 3 N–H and O–H groups in total. The molecule has 9 nitrogen and oxygen atoms in total. The van der Waals surface area contributed by atoms with Crippen molar-refractivity contribution in [2.45, 2.75) is 59.9 Å². The fraction of sp³-hybridized carbons (Fsp3) is 0.440. The van der Waals surface area contributed by atoms with Crippen molar-refractivity contribution in [3.63, 3.8) is 0 Å². The molecule has 0 fully saturated rings. The van der Waals surface area contributed by atoms with Gasteiger partial charge in [0.15, 0.2) is 0 Å². The van der Waals surface area contributed by atoms with E-state index >= 15 is 0 Å².